The zero-order valence-corrected chi connectivity index (χ0v) is 11.0. The third kappa shape index (κ3) is 2.14. The standard InChI is InChI=1S/C17H17NO/c1-13-11-12-14-7-5-6-10-16(14)18(13)17(19)15-8-3-2-4-9-15/h2-10,13H,11-12H2,1H3/t13-/m1/s1. The molecular weight excluding hydrogens is 234 g/mol. The molecule has 0 fully saturated rings. The van der Waals surface area contributed by atoms with Crippen LogP contribution in [-0.4, -0.2) is 11.9 Å². The van der Waals surface area contributed by atoms with E-state index in [0.717, 1.165) is 24.1 Å². The normalized spacial score (nSPS) is 17.9. The Morgan fingerprint density at radius 2 is 1.74 bits per heavy atom. The average Bonchev–Trinajstić information content (AvgIpc) is 2.47. The van der Waals surface area contributed by atoms with Crippen LogP contribution in [0.5, 0.6) is 0 Å². The van der Waals surface area contributed by atoms with Crippen LogP contribution in [0.15, 0.2) is 54.6 Å². The van der Waals surface area contributed by atoms with Crippen molar-refractivity contribution in [3.63, 3.8) is 0 Å². The molecule has 0 unspecified atom stereocenters. The Kier molecular flexibility index (Phi) is 3.08. The molecule has 0 N–H and O–H groups in total. The average molecular weight is 251 g/mol. The number of hydrogen-bond donors (Lipinski definition) is 0. The highest BCUT2D eigenvalue weighted by atomic mass is 16.2. The number of anilines is 1. The van der Waals surface area contributed by atoms with Crippen LogP contribution >= 0.6 is 0 Å². The molecule has 0 bridgehead atoms. The molecule has 2 heteroatoms. The summed E-state index contributed by atoms with van der Waals surface area (Å²) >= 11 is 0. The van der Waals surface area contributed by atoms with Crippen LogP contribution in [0.1, 0.15) is 29.3 Å². The minimum atomic E-state index is 0.0975. The van der Waals surface area contributed by atoms with Gasteiger partial charge in [0.05, 0.1) is 0 Å². The van der Waals surface area contributed by atoms with Gasteiger partial charge < -0.3 is 4.90 Å². The number of carbonyl (C=O) groups excluding carboxylic acids is 1. The van der Waals surface area contributed by atoms with E-state index in [1.165, 1.54) is 5.56 Å². The fourth-order valence-electron chi connectivity index (χ4n) is 2.72. The van der Waals surface area contributed by atoms with Gasteiger partial charge in [0.25, 0.3) is 5.91 Å². The number of aryl methyl sites for hydroxylation is 1. The lowest BCUT2D eigenvalue weighted by molar-refractivity contribution is 0.0975. The van der Waals surface area contributed by atoms with Crippen LogP contribution in [0.2, 0.25) is 0 Å². The molecule has 1 atom stereocenters. The van der Waals surface area contributed by atoms with Gasteiger partial charge in [-0.1, -0.05) is 36.4 Å². The summed E-state index contributed by atoms with van der Waals surface area (Å²) in [5, 5.41) is 0. The van der Waals surface area contributed by atoms with Crippen molar-refractivity contribution in [2.24, 2.45) is 0 Å². The van der Waals surface area contributed by atoms with Crippen LogP contribution < -0.4 is 4.90 Å². The Labute approximate surface area is 113 Å². The zero-order chi connectivity index (χ0) is 13.2. The van der Waals surface area contributed by atoms with Crippen LogP contribution in [0.3, 0.4) is 0 Å². The molecule has 96 valence electrons. The van der Waals surface area contributed by atoms with E-state index in [9.17, 15) is 4.79 Å². The lowest BCUT2D eigenvalue weighted by Gasteiger charge is -2.35. The van der Waals surface area contributed by atoms with Crippen LogP contribution in [0.25, 0.3) is 0 Å². The number of benzene rings is 2. The molecule has 0 aliphatic carbocycles. The highest BCUT2D eigenvalue weighted by Crippen LogP contribution is 2.31. The number of carbonyl (C=O) groups is 1. The molecule has 2 nitrogen and oxygen atoms in total. The Balaban J connectivity index is 2.02. The van der Waals surface area contributed by atoms with Gasteiger partial charge in [-0.15, -0.1) is 0 Å². The summed E-state index contributed by atoms with van der Waals surface area (Å²) in [6.07, 6.45) is 2.07. The Hall–Kier alpha value is -2.09. The number of fused-ring (bicyclic) bond motifs is 1. The molecule has 1 aliphatic heterocycles. The molecule has 0 aromatic heterocycles. The van der Waals surface area contributed by atoms with Crippen LogP contribution in [0.4, 0.5) is 5.69 Å². The fraction of sp³-hybridized carbons (Fsp3) is 0.235. The lowest BCUT2D eigenvalue weighted by Crippen LogP contribution is -2.42. The lowest BCUT2D eigenvalue weighted by atomic mass is 9.96. The topological polar surface area (TPSA) is 20.3 Å². The maximum absolute atomic E-state index is 12.7. The third-order valence-corrected chi connectivity index (χ3v) is 3.76. The van der Waals surface area contributed by atoms with Crippen molar-refractivity contribution in [2.75, 3.05) is 4.90 Å². The highest BCUT2D eigenvalue weighted by Gasteiger charge is 2.28. The first-order valence-corrected chi connectivity index (χ1v) is 6.74. The van der Waals surface area contributed by atoms with Gasteiger partial charge in [0, 0.05) is 17.3 Å². The molecule has 2 aromatic carbocycles. The number of hydrogen-bond acceptors (Lipinski definition) is 1. The van der Waals surface area contributed by atoms with Gasteiger partial charge in [0.1, 0.15) is 0 Å². The molecule has 3 rings (SSSR count). The predicted molar refractivity (Wildman–Crippen MR) is 77.5 cm³/mol. The summed E-state index contributed by atoms with van der Waals surface area (Å²) in [6.45, 7) is 2.12. The Bertz CT molecular complexity index is 591. The zero-order valence-electron chi connectivity index (χ0n) is 11.0. The second-order valence-corrected chi connectivity index (χ2v) is 5.06. The molecule has 0 saturated heterocycles. The maximum Gasteiger partial charge on any atom is 0.258 e. The van der Waals surface area contributed by atoms with Gasteiger partial charge in [0.2, 0.25) is 0 Å². The van der Waals surface area contributed by atoms with Gasteiger partial charge >= 0.3 is 0 Å². The van der Waals surface area contributed by atoms with E-state index in [1.807, 2.05) is 53.4 Å². The highest BCUT2D eigenvalue weighted by molar-refractivity contribution is 6.07. The van der Waals surface area contributed by atoms with Crippen molar-refractivity contribution in [2.45, 2.75) is 25.8 Å². The van der Waals surface area contributed by atoms with E-state index < -0.39 is 0 Å². The van der Waals surface area contributed by atoms with E-state index in [4.69, 9.17) is 0 Å². The molecule has 1 heterocycles. The first-order chi connectivity index (χ1) is 9.27. The van der Waals surface area contributed by atoms with Gasteiger partial charge in [-0.25, -0.2) is 0 Å². The quantitative estimate of drug-likeness (QED) is 0.757. The van der Waals surface area contributed by atoms with Crippen molar-refractivity contribution in [3.05, 3.63) is 65.7 Å². The van der Waals surface area contributed by atoms with E-state index in [-0.39, 0.29) is 11.9 Å². The summed E-state index contributed by atoms with van der Waals surface area (Å²) in [6, 6.07) is 18.0. The van der Waals surface area contributed by atoms with Crippen LogP contribution in [0, 0.1) is 0 Å². The first-order valence-electron chi connectivity index (χ1n) is 6.74. The number of rotatable bonds is 1. The first kappa shape index (κ1) is 12.0. The SMILES string of the molecule is C[C@@H]1CCc2ccccc2N1C(=O)c1ccccc1. The van der Waals surface area contributed by atoms with Crippen molar-refractivity contribution in [1.82, 2.24) is 0 Å². The van der Waals surface area contributed by atoms with E-state index in [1.54, 1.807) is 0 Å². The monoisotopic (exact) mass is 251 g/mol. The van der Waals surface area contributed by atoms with Crippen molar-refractivity contribution in [3.8, 4) is 0 Å². The van der Waals surface area contributed by atoms with Gasteiger partial charge in [-0.2, -0.15) is 0 Å². The molecule has 0 spiro atoms. The van der Waals surface area contributed by atoms with Gasteiger partial charge in [-0.05, 0) is 43.5 Å². The largest absolute Gasteiger partial charge is 0.305 e. The summed E-state index contributed by atoms with van der Waals surface area (Å²) in [5.74, 6) is 0.0975. The number of para-hydroxylation sites is 1. The van der Waals surface area contributed by atoms with Crippen molar-refractivity contribution >= 4 is 11.6 Å². The Morgan fingerprint density at radius 3 is 2.53 bits per heavy atom. The molecule has 19 heavy (non-hydrogen) atoms. The molecular formula is C17H17NO. The smallest absolute Gasteiger partial charge is 0.258 e. The second kappa shape index (κ2) is 4.88. The summed E-state index contributed by atoms with van der Waals surface area (Å²) in [4.78, 5) is 14.6. The summed E-state index contributed by atoms with van der Waals surface area (Å²) < 4.78 is 0. The molecule has 1 aliphatic rings. The van der Waals surface area contributed by atoms with Crippen molar-refractivity contribution in [1.29, 1.82) is 0 Å². The fourth-order valence-corrected chi connectivity index (χ4v) is 2.72. The second-order valence-electron chi connectivity index (χ2n) is 5.06. The maximum atomic E-state index is 12.7. The minimum absolute atomic E-state index is 0.0975. The molecule has 0 radical (unpaired) electrons. The van der Waals surface area contributed by atoms with E-state index >= 15 is 0 Å². The molecule has 0 saturated carbocycles. The predicted octanol–water partition coefficient (Wildman–Crippen LogP) is 3.67. The summed E-state index contributed by atoms with van der Waals surface area (Å²) in [5.41, 5.74) is 3.09. The van der Waals surface area contributed by atoms with Gasteiger partial charge in [-0.3, -0.25) is 4.79 Å². The van der Waals surface area contributed by atoms with E-state index in [2.05, 4.69) is 13.0 Å². The minimum Gasteiger partial charge on any atom is -0.305 e. The number of nitrogens with zero attached hydrogens (tertiary/aromatic N) is 1. The van der Waals surface area contributed by atoms with Crippen molar-refractivity contribution < 1.29 is 4.79 Å². The Morgan fingerprint density at radius 1 is 1.05 bits per heavy atom. The van der Waals surface area contributed by atoms with Gasteiger partial charge in [0.15, 0.2) is 0 Å². The van der Waals surface area contributed by atoms with E-state index in [0.29, 0.717) is 0 Å². The molecule has 2 aromatic rings. The summed E-state index contributed by atoms with van der Waals surface area (Å²) in [7, 11) is 0. The molecule has 1 amide bonds. The number of amides is 1. The third-order valence-electron chi connectivity index (χ3n) is 3.76. The van der Waals surface area contributed by atoms with Crippen LogP contribution in [-0.2, 0) is 6.42 Å².